The number of likely N-dealkylation sites (tertiary alicyclic amines) is 1. The van der Waals surface area contributed by atoms with Gasteiger partial charge in [0, 0.05) is 36.8 Å². The Kier molecular flexibility index (Phi) is 8.16. The van der Waals surface area contributed by atoms with Gasteiger partial charge in [-0.3, -0.25) is 19.8 Å². The van der Waals surface area contributed by atoms with E-state index in [1.807, 2.05) is 28.9 Å². The Hall–Kier alpha value is -4.28. The molecule has 2 aromatic heterocycles. The molecule has 1 atom stereocenters. The smallest absolute Gasteiger partial charge is 0.249 e. The van der Waals surface area contributed by atoms with Gasteiger partial charge < -0.3 is 15.8 Å². The number of amides is 2. The fourth-order valence-electron chi connectivity index (χ4n) is 5.95. The van der Waals surface area contributed by atoms with Gasteiger partial charge in [-0.05, 0) is 80.1 Å². The summed E-state index contributed by atoms with van der Waals surface area (Å²) in [5, 5.41) is 10.0. The van der Waals surface area contributed by atoms with E-state index >= 15 is 0 Å². The number of imide groups is 1. The molecule has 2 fully saturated rings. The number of benzene rings is 2. The van der Waals surface area contributed by atoms with E-state index in [9.17, 15) is 9.59 Å². The summed E-state index contributed by atoms with van der Waals surface area (Å²) in [5.74, 6) is 0.852. The van der Waals surface area contributed by atoms with Crippen molar-refractivity contribution in [2.45, 2.75) is 51.1 Å². The molecule has 4 N–H and O–H groups in total. The number of piperidine rings is 2. The number of hydrogen-bond acceptors (Lipinski definition) is 8. The van der Waals surface area contributed by atoms with Gasteiger partial charge >= 0.3 is 0 Å². The van der Waals surface area contributed by atoms with Crippen molar-refractivity contribution in [2.24, 2.45) is 5.73 Å². The normalized spacial score (nSPS) is 18.3. The van der Waals surface area contributed by atoms with Crippen molar-refractivity contribution < 1.29 is 14.3 Å². The number of ether oxygens (including phenoxy) is 1. The first-order chi connectivity index (χ1) is 20.5. The van der Waals surface area contributed by atoms with Gasteiger partial charge in [-0.2, -0.15) is 5.10 Å². The molecule has 42 heavy (non-hydrogen) atoms. The van der Waals surface area contributed by atoms with Crippen molar-refractivity contribution in [2.75, 3.05) is 31.6 Å². The van der Waals surface area contributed by atoms with Crippen LogP contribution in [-0.2, 0) is 16.1 Å². The molecular weight excluding hydrogens is 530 g/mol. The lowest BCUT2D eigenvalue weighted by molar-refractivity contribution is -0.133. The van der Waals surface area contributed by atoms with Crippen LogP contribution in [0, 0.1) is 6.92 Å². The molecule has 0 spiro atoms. The summed E-state index contributed by atoms with van der Waals surface area (Å²) in [6.45, 7) is 6.11. The number of anilines is 1. The van der Waals surface area contributed by atoms with Crippen LogP contribution >= 0.6 is 0 Å². The minimum atomic E-state index is -0.363. The maximum absolute atomic E-state index is 12.0. The number of aromatic nitrogens is 3. The molecule has 1 unspecified atom stereocenters. The topological polar surface area (TPSA) is 127 Å². The third-order valence-electron chi connectivity index (χ3n) is 8.44. The number of hydrogen-bond donors (Lipinski definition) is 3. The fraction of sp³-hybridized carbons (Fsp3) is 0.375. The van der Waals surface area contributed by atoms with E-state index < -0.39 is 0 Å². The Morgan fingerprint density at radius 3 is 2.62 bits per heavy atom. The van der Waals surface area contributed by atoms with Gasteiger partial charge in [0.1, 0.15) is 24.7 Å². The van der Waals surface area contributed by atoms with Crippen LogP contribution < -0.4 is 21.1 Å². The average Bonchev–Trinajstić information content (AvgIpc) is 3.42. The van der Waals surface area contributed by atoms with Crippen LogP contribution in [0.3, 0.4) is 0 Å². The number of aryl methyl sites for hydroxylation is 1. The van der Waals surface area contributed by atoms with E-state index in [1.54, 1.807) is 6.33 Å². The second-order valence-corrected chi connectivity index (χ2v) is 11.2. The van der Waals surface area contributed by atoms with E-state index in [0.29, 0.717) is 31.9 Å². The second-order valence-electron chi connectivity index (χ2n) is 11.2. The largest absolute Gasteiger partial charge is 0.491 e. The first-order valence-electron chi connectivity index (χ1n) is 14.7. The molecule has 2 aliphatic rings. The maximum atomic E-state index is 12.0. The van der Waals surface area contributed by atoms with Gasteiger partial charge in [-0.25, -0.2) is 9.50 Å². The van der Waals surface area contributed by atoms with Crippen LogP contribution in [0.4, 0.5) is 5.69 Å². The highest BCUT2D eigenvalue weighted by molar-refractivity contribution is 6.01. The summed E-state index contributed by atoms with van der Waals surface area (Å²) < 4.78 is 7.96. The molecule has 0 radical (unpaired) electrons. The number of nitrogens with zero attached hydrogens (tertiary/aromatic N) is 4. The predicted octanol–water partition coefficient (Wildman–Crippen LogP) is 3.64. The van der Waals surface area contributed by atoms with Crippen molar-refractivity contribution in [1.82, 2.24) is 24.8 Å². The highest BCUT2D eigenvalue weighted by Gasteiger charge is 2.26. The third kappa shape index (κ3) is 6.14. The summed E-state index contributed by atoms with van der Waals surface area (Å²) >= 11 is 0. The van der Waals surface area contributed by atoms with Crippen molar-refractivity contribution in [3.63, 3.8) is 0 Å². The molecule has 2 amide bonds. The van der Waals surface area contributed by atoms with E-state index in [0.717, 1.165) is 71.8 Å². The number of nitrogens with two attached hydrogens (primary N) is 1. The monoisotopic (exact) mass is 567 g/mol. The molecular formula is C32H37N7O3. The van der Waals surface area contributed by atoms with Gasteiger partial charge in [0.25, 0.3) is 0 Å². The SMILES string of the molecule is Cc1cc(-c2ncnn3cc(OCCN4CCC(c5ccc(NC6CCC(=O)NC6=O)cc5)CC4)cc23)ccc1CN. The van der Waals surface area contributed by atoms with Gasteiger partial charge in [0.15, 0.2) is 0 Å². The summed E-state index contributed by atoms with van der Waals surface area (Å²) in [6, 6.07) is 16.3. The molecule has 0 bridgehead atoms. The molecule has 6 rings (SSSR count). The molecule has 2 aromatic carbocycles. The summed E-state index contributed by atoms with van der Waals surface area (Å²) in [5.41, 5.74) is 13.2. The minimum absolute atomic E-state index is 0.200. The Morgan fingerprint density at radius 2 is 1.88 bits per heavy atom. The number of rotatable bonds is 9. The molecule has 10 heteroatoms. The Bertz CT molecular complexity index is 1580. The van der Waals surface area contributed by atoms with Gasteiger partial charge in [-0.1, -0.05) is 24.3 Å². The van der Waals surface area contributed by atoms with Crippen molar-refractivity contribution >= 4 is 23.0 Å². The maximum Gasteiger partial charge on any atom is 0.249 e. The molecule has 0 saturated carbocycles. The number of carbonyl (C=O) groups is 2. The quantitative estimate of drug-likeness (QED) is 0.262. The second kappa shape index (κ2) is 12.3. The van der Waals surface area contributed by atoms with E-state index in [1.165, 1.54) is 5.56 Å². The van der Waals surface area contributed by atoms with Gasteiger partial charge in [0.2, 0.25) is 11.8 Å². The number of fused-ring (bicyclic) bond motifs is 1. The molecule has 218 valence electrons. The lowest BCUT2D eigenvalue weighted by Gasteiger charge is -2.32. The predicted molar refractivity (Wildman–Crippen MR) is 161 cm³/mol. The van der Waals surface area contributed by atoms with Crippen LogP contribution in [-0.4, -0.2) is 63.6 Å². The lowest BCUT2D eigenvalue weighted by atomic mass is 9.89. The van der Waals surface area contributed by atoms with E-state index in [4.69, 9.17) is 10.5 Å². The summed E-state index contributed by atoms with van der Waals surface area (Å²) in [7, 11) is 0. The standard InChI is InChI=1S/C32H37N7O3/c1-21-16-24(2-3-25(21)18-33)31-29-17-27(19-39(29)35-20-34-31)42-15-14-38-12-10-23(11-13-38)22-4-6-26(7-5-22)36-28-8-9-30(40)37-32(28)41/h2-7,16-17,19-20,23,28,36H,8-15,18,33H2,1H3,(H,37,40,41). The Labute approximate surface area is 245 Å². The molecule has 0 aliphatic carbocycles. The van der Waals surface area contributed by atoms with Crippen molar-refractivity contribution in [3.05, 3.63) is 77.7 Å². The van der Waals surface area contributed by atoms with Gasteiger partial charge in [0.05, 0.1) is 17.4 Å². The zero-order valence-electron chi connectivity index (χ0n) is 23.9. The minimum Gasteiger partial charge on any atom is -0.491 e. The van der Waals surface area contributed by atoms with E-state index in [-0.39, 0.29) is 17.9 Å². The van der Waals surface area contributed by atoms with Crippen LogP contribution in [0.2, 0.25) is 0 Å². The third-order valence-corrected chi connectivity index (χ3v) is 8.44. The zero-order chi connectivity index (χ0) is 29.1. The van der Waals surface area contributed by atoms with Crippen LogP contribution in [0.1, 0.15) is 48.3 Å². The van der Waals surface area contributed by atoms with Crippen LogP contribution in [0.15, 0.2) is 61.1 Å². The first-order valence-corrected chi connectivity index (χ1v) is 14.7. The molecule has 2 aliphatic heterocycles. The molecule has 2 saturated heterocycles. The Balaban J connectivity index is 0.988. The Morgan fingerprint density at radius 1 is 1.07 bits per heavy atom. The lowest BCUT2D eigenvalue weighted by Crippen LogP contribution is -2.47. The molecule has 4 aromatic rings. The zero-order valence-corrected chi connectivity index (χ0v) is 23.9. The highest BCUT2D eigenvalue weighted by Crippen LogP contribution is 2.30. The average molecular weight is 568 g/mol. The number of nitrogens with one attached hydrogen (secondary N) is 2. The number of carbonyl (C=O) groups excluding carboxylic acids is 2. The molecule has 4 heterocycles. The fourth-order valence-corrected chi connectivity index (χ4v) is 5.95. The first kappa shape index (κ1) is 27.9. The van der Waals surface area contributed by atoms with Gasteiger partial charge in [-0.15, -0.1) is 0 Å². The highest BCUT2D eigenvalue weighted by atomic mass is 16.5. The van der Waals surface area contributed by atoms with Crippen molar-refractivity contribution in [1.29, 1.82) is 0 Å². The van der Waals surface area contributed by atoms with Crippen LogP contribution in [0.5, 0.6) is 5.75 Å². The summed E-state index contributed by atoms with van der Waals surface area (Å²) in [4.78, 5) is 30.4. The molecule has 10 nitrogen and oxygen atoms in total. The van der Waals surface area contributed by atoms with Crippen molar-refractivity contribution in [3.8, 4) is 17.0 Å². The summed E-state index contributed by atoms with van der Waals surface area (Å²) in [6.07, 6.45) is 6.56. The van der Waals surface area contributed by atoms with E-state index in [2.05, 4.69) is 62.9 Å². The van der Waals surface area contributed by atoms with Crippen LogP contribution in [0.25, 0.3) is 16.8 Å².